The van der Waals surface area contributed by atoms with Crippen molar-refractivity contribution in [2.45, 2.75) is 6.42 Å². The molecule has 2 rings (SSSR count). The number of halogens is 2. The maximum absolute atomic E-state index is 13.7. The van der Waals surface area contributed by atoms with E-state index >= 15 is 0 Å². The van der Waals surface area contributed by atoms with E-state index in [-0.39, 0.29) is 22.9 Å². The second-order valence-corrected chi connectivity index (χ2v) is 4.87. The Morgan fingerprint density at radius 1 is 1.29 bits per heavy atom. The van der Waals surface area contributed by atoms with Crippen LogP contribution in [0.4, 0.5) is 10.1 Å². The van der Waals surface area contributed by atoms with Crippen LogP contribution in [0.15, 0.2) is 42.5 Å². The largest absolute Gasteiger partial charge is 0.314 e. The van der Waals surface area contributed by atoms with Gasteiger partial charge in [0.25, 0.3) is 0 Å². The second kappa shape index (κ2) is 6.38. The van der Waals surface area contributed by atoms with Gasteiger partial charge in [-0.2, -0.15) is 5.26 Å². The minimum atomic E-state index is -0.516. The van der Waals surface area contributed by atoms with Gasteiger partial charge in [0, 0.05) is 17.6 Å². The van der Waals surface area contributed by atoms with E-state index in [1.807, 2.05) is 6.07 Å². The fraction of sp³-hybridized carbons (Fsp3) is 0.125. The zero-order chi connectivity index (χ0) is 15.4. The fourth-order valence-electron chi connectivity index (χ4n) is 1.97. The van der Waals surface area contributed by atoms with Crippen LogP contribution in [0.25, 0.3) is 0 Å². The van der Waals surface area contributed by atoms with Crippen LogP contribution >= 0.6 is 11.6 Å². The Morgan fingerprint density at radius 2 is 2.00 bits per heavy atom. The molecule has 106 valence electrons. The number of anilines is 1. The van der Waals surface area contributed by atoms with Crippen molar-refractivity contribution in [1.82, 2.24) is 0 Å². The first-order chi connectivity index (χ1) is 10.0. The maximum Gasteiger partial charge on any atom is 0.231 e. The summed E-state index contributed by atoms with van der Waals surface area (Å²) in [6, 6.07) is 13.0. The quantitative estimate of drug-likeness (QED) is 0.870. The lowest BCUT2D eigenvalue weighted by Gasteiger charge is -2.19. The number of hydrogen-bond acceptors (Lipinski definition) is 2. The number of rotatable bonds is 3. The molecule has 1 amide bonds. The molecule has 0 saturated carbocycles. The molecule has 0 aliphatic carbocycles. The number of nitrogens with zero attached hydrogens (tertiary/aromatic N) is 2. The lowest BCUT2D eigenvalue weighted by molar-refractivity contribution is -0.117. The van der Waals surface area contributed by atoms with Gasteiger partial charge in [-0.1, -0.05) is 29.8 Å². The van der Waals surface area contributed by atoms with Crippen LogP contribution in [0.5, 0.6) is 0 Å². The summed E-state index contributed by atoms with van der Waals surface area (Å²) in [4.78, 5) is 13.6. The van der Waals surface area contributed by atoms with Crippen molar-refractivity contribution in [3.05, 3.63) is 64.4 Å². The Labute approximate surface area is 127 Å². The molecule has 0 N–H and O–H groups in total. The van der Waals surface area contributed by atoms with E-state index in [9.17, 15) is 9.18 Å². The zero-order valence-corrected chi connectivity index (χ0v) is 12.1. The van der Waals surface area contributed by atoms with Crippen molar-refractivity contribution in [3.8, 4) is 6.07 Å². The van der Waals surface area contributed by atoms with E-state index in [0.717, 1.165) is 0 Å². The first kappa shape index (κ1) is 15.0. The van der Waals surface area contributed by atoms with Gasteiger partial charge in [0.2, 0.25) is 5.91 Å². The van der Waals surface area contributed by atoms with Crippen molar-refractivity contribution < 1.29 is 9.18 Å². The Hall–Kier alpha value is -2.38. The molecule has 0 fully saturated rings. The molecule has 0 heterocycles. The van der Waals surface area contributed by atoms with Crippen LogP contribution in [0.2, 0.25) is 5.02 Å². The van der Waals surface area contributed by atoms with E-state index in [4.69, 9.17) is 16.9 Å². The molecule has 21 heavy (non-hydrogen) atoms. The fourth-order valence-corrected chi connectivity index (χ4v) is 2.20. The van der Waals surface area contributed by atoms with Gasteiger partial charge in [0.15, 0.2) is 0 Å². The molecule has 0 bridgehead atoms. The van der Waals surface area contributed by atoms with Gasteiger partial charge in [0.1, 0.15) is 11.9 Å². The van der Waals surface area contributed by atoms with Gasteiger partial charge >= 0.3 is 0 Å². The minimum absolute atomic E-state index is 0.158. The smallest absolute Gasteiger partial charge is 0.231 e. The molecule has 0 atom stereocenters. The number of benzene rings is 2. The molecule has 0 unspecified atom stereocenters. The summed E-state index contributed by atoms with van der Waals surface area (Å²) in [5.74, 6) is -0.859. The second-order valence-electron chi connectivity index (χ2n) is 4.46. The Kier molecular flexibility index (Phi) is 4.56. The molecule has 2 aromatic carbocycles. The predicted octanol–water partition coefficient (Wildman–Crippen LogP) is 3.56. The van der Waals surface area contributed by atoms with E-state index in [0.29, 0.717) is 11.3 Å². The number of carbonyl (C=O) groups excluding carboxylic acids is 1. The van der Waals surface area contributed by atoms with Crippen molar-refractivity contribution in [3.63, 3.8) is 0 Å². The number of para-hydroxylation sites is 1. The van der Waals surface area contributed by atoms with Gasteiger partial charge in [-0.25, -0.2) is 4.39 Å². The van der Waals surface area contributed by atoms with Crippen LogP contribution in [-0.4, -0.2) is 13.0 Å². The van der Waals surface area contributed by atoms with Crippen LogP contribution in [0.3, 0.4) is 0 Å². The molecule has 0 spiro atoms. The van der Waals surface area contributed by atoms with Crippen molar-refractivity contribution in [2.24, 2.45) is 0 Å². The van der Waals surface area contributed by atoms with E-state index in [1.54, 1.807) is 31.3 Å². The molecular weight excluding hydrogens is 291 g/mol. The Bertz CT molecular complexity index is 704. The van der Waals surface area contributed by atoms with E-state index in [1.165, 1.54) is 23.1 Å². The van der Waals surface area contributed by atoms with Crippen LogP contribution in [0, 0.1) is 17.1 Å². The summed E-state index contributed by atoms with van der Waals surface area (Å²) in [6.45, 7) is 0. The summed E-state index contributed by atoms with van der Waals surface area (Å²) in [5, 5.41) is 9.27. The van der Waals surface area contributed by atoms with Gasteiger partial charge in [-0.05, 0) is 24.3 Å². The monoisotopic (exact) mass is 302 g/mol. The van der Waals surface area contributed by atoms with Crippen LogP contribution in [0.1, 0.15) is 11.1 Å². The Morgan fingerprint density at radius 3 is 2.67 bits per heavy atom. The van der Waals surface area contributed by atoms with Gasteiger partial charge < -0.3 is 4.90 Å². The van der Waals surface area contributed by atoms with Crippen molar-refractivity contribution in [2.75, 3.05) is 11.9 Å². The maximum atomic E-state index is 13.7. The first-order valence-electron chi connectivity index (χ1n) is 6.23. The highest BCUT2D eigenvalue weighted by Gasteiger charge is 2.18. The highest BCUT2D eigenvalue weighted by molar-refractivity contribution is 6.31. The molecule has 3 nitrogen and oxygen atoms in total. The minimum Gasteiger partial charge on any atom is -0.314 e. The summed E-state index contributed by atoms with van der Waals surface area (Å²) in [5.41, 5.74) is 1.02. The molecule has 0 aromatic heterocycles. The average Bonchev–Trinajstić information content (AvgIpc) is 2.50. The summed E-state index contributed by atoms with van der Waals surface area (Å²) >= 11 is 5.92. The topological polar surface area (TPSA) is 44.1 Å². The average molecular weight is 303 g/mol. The molecule has 5 heteroatoms. The lowest BCUT2D eigenvalue weighted by atomic mass is 10.1. The number of amides is 1. The molecular formula is C16H12ClFN2O. The predicted molar refractivity (Wildman–Crippen MR) is 79.7 cm³/mol. The summed E-state index contributed by atoms with van der Waals surface area (Å²) < 4.78 is 13.7. The lowest BCUT2D eigenvalue weighted by Crippen LogP contribution is -2.29. The normalized spacial score (nSPS) is 10.0. The zero-order valence-electron chi connectivity index (χ0n) is 11.3. The number of likely N-dealkylation sites (N-methyl/N-ethyl adjacent to an activating group) is 1. The van der Waals surface area contributed by atoms with Crippen LogP contribution in [-0.2, 0) is 11.2 Å². The van der Waals surface area contributed by atoms with Gasteiger partial charge in [0.05, 0.1) is 17.7 Å². The van der Waals surface area contributed by atoms with Crippen molar-refractivity contribution in [1.29, 1.82) is 5.26 Å². The first-order valence-corrected chi connectivity index (χ1v) is 6.61. The van der Waals surface area contributed by atoms with Crippen LogP contribution < -0.4 is 4.90 Å². The van der Waals surface area contributed by atoms with E-state index in [2.05, 4.69) is 0 Å². The van der Waals surface area contributed by atoms with E-state index < -0.39 is 5.82 Å². The highest BCUT2D eigenvalue weighted by Crippen LogP contribution is 2.23. The van der Waals surface area contributed by atoms with Gasteiger partial charge in [-0.15, -0.1) is 0 Å². The standard InChI is InChI=1S/C16H12ClFN2O/c1-20(15-8-3-2-5-11(15)10-19)16(21)9-12-13(17)6-4-7-14(12)18/h2-8H,9H2,1H3. The highest BCUT2D eigenvalue weighted by atomic mass is 35.5. The third-order valence-electron chi connectivity index (χ3n) is 3.15. The summed E-state index contributed by atoms with van der Waals surface area (Å²) in [6.07, 6.45) is -0.165. The number of nitriles is 1. The molecule has 0 aliphatic heterocycles. The summed E-state index contributed by atoms with van der Waals surface area (Å²) in [7, 11) is 1.55. The third-order valence-corrected chi connectivity index (χ3v) is 3.50. The molecule has 0 aliphatic rings. The van der Waals surface area contributed by atoms with Crippen molar-refractivity contribution >= 4 is 23.2 Å². The molecule has 2 aromatic rings. The SMILES string of the molecule is CN(C(=O)Cc1c(F)cccc1Cl)c1ccccc1C#N. The Balaban J connectivity index is 2.27. The number of hydrogen-bond donors (Lipinski definition) is 0. The molecule has 0 saturated heterocycles. The third kappa shape index (κ3) is 3.21. The van der Waals surface area contributed by atoms with Gasteiger partial charge in [-0.3, -0.25) is 4.79 Å². The number of carbonyl (C=O) groups is 1. The molecule has 0 radical (unpaired) electrons.